The van der Waals surface area contributed by atoms with E-state index in [1.807, 2.05) is 25.7 Å². The second kappa shape index (κ2) is 10.4. The van der Waals surface area contributed by atoms with Gasteiger partial charge in [0.05, 0.1) is 30.3 Å². The molecule has 0 N–H and O–H groups in total. The first-order chi connectivity index (χ1) is 20.3. The molecule has 0 radical (unpaired) electrons. The molecule has 1 amide bonds. The first kappa shape index (κ1) is 28.7. The molecule has 3 aromatic heterocycles. The summed E-state index contributed by atoms with van der Waals surface area (Å²) in [6, 6.07) is 3.74. The molecule has 11 nitrogen and oxygen atoms in total. The number of carbonyl (C=O) groups is 2. The van der Waals surface area contributed by atoms with E-state index in [0.29, 0.717) is 29.7 Å². The smallest absolute Gasteiger partial charge is 0.421 e. The highest BCUT2D eigenvalue weighted by Crippen LogP contribution is 2.43. The Morgan fingerprint density at radius 1 is 1.12 bits per heavy atom. The summed E-state index contributed by atoms with van der Waals surface area (Å²) < 4.78 is 63.9. The van der Waals surface area contributed by atoms with Crippen LogP contribution >= 0.6 is 11.3 Å². The van der Waals surface area contributed by atoms with Gasteiger partial charge in [0.25, 0.3) is 6.01 Å². The van der Waals surface area contributed by atoms with Crippen molar-refractivity contribution in [2.45, 2.75) is 51.1 Å². The number of pyridine rings is 1. The molecule has 3 aliphatic heterocycles. The average Bonchev–Trinajstić information content (AvgIpc) is 3.62. The molecule has 15 heteroatoms. The van der Waals surface area contributed by atoms with Crippen molar-refractivity contribution in [3.8, 4) is 22.2 Å². The van der Waals surface area contributed by atoms with Crippen molar-refractivity contribution in [3.05, 3.63) is 47.1 Å². The van der Waals surface area contributed by atoms with Gasteiger partial charge in [0, 0.05) is 30.9 Å². The van der Waals surface area contributed by atoms with Crippen LogP contribution in [0.4, 0.5) is 24.0 Å². The van der Waals surface area contributed by atoms with E-state index in [1.54, 1.807) is 22.5 Å². The van der Waals surface area contributed by atoms with Gasteiger partial charge in [-0.1, -0.05) is 0 Å². The summed E-state index contributed by atoms with van der Waals surface area (Å²) in [4.78, 5) is 40.9. The predicted molar refractivity (Wildman–Crippen MR) is 148 cm³/mol. The van der Waals surface area contributed by atoms with Crippen LogP contribution in [0.3, 0.4) is 0 Å². The van der Waals surface area contributed by atoms with Crippen LogP contribution < -0.4 is 9.64 Å². The maximum atomic E-state index is 14.0. The van der Waals surface area contributed by atoms with Gasteiger partial charge in [-0.2, -0.15) is 18.2 Å². The van der Waals surface area contributed by atoms with E-state index < -0.39 is 29.2 Å². The fourth-order valence-electron chi connectivity index (χ4n) is 5.16. The van der Waals surface area contributed by atoms with Crippen LogP contribution in [0.2, 0.25) is 0 Å². The van der Waals surface area contributed by atoms with E-state index in [4.69, 9.17) is 13.9 Å². The first-order valence-electron chi connectivity index (χ1n) is 13.3. The number of fused-ring (bicyclic) bond motifs is 3. The van der Waals surface area contributed by atoms with Crippen LogP contribution in [-0.4, -0.2) is 69.8 Å². The monoisotopic (exact) mass is 617 g/mol. The number of amides is 1. The molecule has 226 valence electrons. The third kappa shape index (κ3) is 5.44. The van der Waals surface area contributed by atoms with Gasteiger partial charge in [0.1, 0.15) is 16.2 Å². The quantitative estimate of drug-likeness (QED) is 0.242. The van der Waals surface area contributed by atoms with Crippen LogP contribution in [-0.2, 0) is 15.7 Å². The minimum Gasteiger partial charge on any atom is -0.465 e. The van der Waals surface area contributed by atoms with Crippen LogP contribution in [0.1, 0.15) is 43.1 Å². The fourth-order valence-corrected chi connectivity index (χ4v) is 5.82. The molecule has 3 fully saturated rings. The molecule has 0 aliphatic carbocycles. The zero-order chi connectivity index (χ0) is 30.7. The number of anilines is 1. The molecule has 7 rings (SSSR count). The second-order valence-electron chi connectivity index (χ2n) is 11.1. The highest BCUT2D eigenvalue weighted by molar-refractivity contribution is 7.13. The number of thiazole rings is 1. The highest BCUT2D eigenvalue weighted by atomic mass is 32.1. The zero-order valence-corrected chi connectivity index (χ0v) is 24.3. The molecule has 3 saturated heterocycles. The van der Waals surface area contributed by atoms with Gasteiger partial charge in [-0.25, -0.2) is 19.6 Å². The van der Waals surface area contributed by atoms with Gasteiger partial charge < -0.3 is 23.5 Å². The normalized spacial score (nSPS) is 18.4. The number of aromatic nitrogens is 3. The number of hydrogen-bond acceptors (Lipinski definition) is 11. The van der Waals surface area contributed by atoms with E-state index in [-0.39, 0.29) is 46.6 Å². The number of esters is 1. The molecule has 6 heterocycles. The third-order valence-corrected chi connectivity index (χ3v) is 7.82. The maximum Gasteiger partial charge on any atom is 0.421 e. The number of carbonyl (C=O) groups excluding carboxylic acids is 2. The lowest BCUT2D eigenvalue weighted by atomic mass is 9.88. The summed E-state index contributed by atoms with van der Waals surface area (Å²) in [5, 5.41) is 2.41. The summed E-state index contributed by atoms with van der Waals surface area (Å²) in [5.41, 5.74) is -1.24. The number of piperazine rings is 1. The Morgan fingerprint density at radius 3 is 2.49 bits per heavy atom. The van der Waals surface area contributed by atoms with E-state index in [9.17, 15) is 22.8 Å². The fraction of sp³-hybridized carbons (Fsp3) is 0.393. The number of oxazole rings is 1. The molecular formula is C28H26F3N5O6S. The third-order valence-electron chi connectivity index (χ3n) is 7.01. The number of benzene rings is 1. The molecule has 0 spiro atoms. The highest BCUT2D eigenvalue weighted by Gasteiger charge is 2.49. The van der Waals surface area contributed by atoms with Crippen LogP contribution in [0.25, 0.3) is 21.7 Å². The van der Waals surface area contributed by atoms with Gasteiger partial charge >= 0.3 is 18.2 Å². The number of halogens is 3. The SMILES string of the molecule is COC(=O)c1cnc(Oc2ccc(-c3nccs3)c3oc(N4CC5CC(C4)N5C(=O)OC(C)(C)C)nc23)c(C(F)(F)F)c1. The molecule has 0 saturated carbocycles. The van der Waals surface area contributed by atoms with Crippen molar-refractivity contribution in [2.24, 2.45) is 0 Å². The van der Waals surface area contributed by atoms with Crippen LogP contribution in [0.15, 0.2) is 40.4 Å². The Balaban J connectivity index is 1.35. The van der Waals surface area contributed by atoms with Crippen molar-refractivity contribution >= 4 is 40.5 Å². The van der Waals surface area contributed by atoms with Crippen molar-refractivity contribution in [1.29, 1.82) is 0 Å². The number of piperidine rings is 1. The summed E-state index contributed by atoms with van der Waals surface area (Å²) in [6.45, 7) is 6.29. The Morgan fingerprint density at radius 2 is 1.86 bits per heavy atom. The van der Waals surface area contributed by atoms with Crippen LogP contribution in [0.5, 0.6) is 11.6 Å². The van der Waals surface area contributed by atoms with Crippen molar-refractivity contribution in [1.82, 2.24) is 19.9 Å². The molecule has 1 aromatic carbocycles. The molecular weight excluding hydrogens is 591 g/mol. The maximum absolute atomic E-state index is 14.0. The number of ether oxygens (including phenoxy) is 3. The largest absolute Gasteiger partial charge is 0.465 e. The van der Waals surface area contributed by atoms with E-state index in [1.165, 1.54) is 17.4 Å². The topological polar surface area (TPSA) is 120 Å². The van der Waals surface area contributed by atoms with E-state index in [0.717, 1.165) is 19.7 Å². The van der Waals surface area contributed by atoms with Crippen molar-refractivity contribution in [2.75, 3.05) is 25.1 Å². The van der Waals surface area contributed by atoms with Crippen LogP contribution in [0, 0.1) is 0 Å². The molecule has 43 heavy (non-hydrogen) atoms. The number of alkyl halides is 3. The number of hydrogen-bond donors (Lipinski definition) is 0. The summed E-state index contributed by atoms with van der Waals surface area (Å²) in [7, 11) is 1.06. The Labute approximate surface area is 247 Å². The Bertz CT molecular complexity index is 1690. The van der Waals surface area contributed by atoms with Gasteiger partial charge in [-0.15, -0.1) is 11.3 Å². The first-order valence-corrected chi connectivity index (χ1v) is 14.1. The minimum atomic E-state index is -4.88. The lowest BCUT2D eigenvalue weighted by Crippen LogP contribution is -2.70. The summed E-state index contributed by atoms with van der Waals surface area (Å²) in [6.07, 6.45) is -1.88. The number of nitrogens with zero attached hydrogens (tertiary/aromatic N) is 5. The van der Waals surface area contributed by atoms with Gasteiger partial charge in [-0.3, -0.25) is 4.90 Å². The second-order valence-corrected chi connectivity index (χ2v) is 12.0. The zero-order valence-electron chi connectivity index (χ0n) is 23.5. The van der Waals surface area contributed by atoms with E-state index in [2.05, 4.69) is 19.7 Å². The molecule has 2 bridgehead atoms. The standard InChI is InChI=1S/C28H26F3N5O6S/c1-27(2,3)42-26(38)36-15-10-16(36)13-35(12-15)25-34-20-19(6-5-17(21(20)41-25)23-32-7-8-43-23)40-22-18(28(29,30)31)9-14(11-33-22)24(37)39-4/h5-9,11,15-16H,10,12-13H2,1-4H3. The molecule has 2 atom stereocenters. The van der Waals surface area contributed by atoms with E-state index >= 15 is 0 Å². The molecule has 4 aromatic rings. The minimum absolute atomic E-state index is 0.0355. The summed E-state index contributed by atoms with van der Waals surface area (Å²) in [5.74, 6) is -1.77. The average molecular weight is 618 g/mol. The van der Waals surface area contributed by atoms with Crippen molar-refractivity contribution < 1.29 is 41.4 Å². The predicted octanol–water partition coefficient (Wildman–Crippen LogP) is 6.14. The van der Waals surface area contributed by atoms with Gasteiger partial charge in [0.2, 0.25) is 5.88 Å². The lowest BCUT2D eigenvalue weighted by Gasteiger charge is -2.55. The molecule has 3 aliphatic rings. The summed E-state index contributed by atoms with van der Waals surface area (Å²) >= 11 is 1.36. The Hall–Kier alpha value is -4.40. The lowest BCUT2D eigenvalue weighted by molar-refractivity contribution is -0.138. The van der Waals surface area contributed by atoms with Gasteiger partial charge in [-0.05, 0) is 45.4 Å². The Kier molecular flexibility index (Phi) is 6.94. The molecule has 2 unspecified atom stereocenters. The number of methoxy groups -OCH3 is 1. The van der Waals surface area contributed by atoms with Crippen molar-refractivity contribution in [3.63, 3.8) is 0 Å². The van der Waals surface area contributed by atoms with Gasteiger partial charge in [0.15, 0.2) is 16.8 Å². The number of rotatable bonds is 5.